The molecule has 2 rings (SSSR count). The summed E-state index contributed by atoms with van der Waals surface area (Å²) in [5.74, 6) is -0.688. The molecule has 5 nitrogen and oxygen atoms in total. The summed E-state index contributed by atoms with van der Waals surface area (Å²) in [5, 5.41) is 11.9. The molecule has 0 aliphatic heterocycles. The molecule has 0 radical (unpaired) electrons. The Kier molecular flexibility index (Phi) is 3.09. The highest BCUT2D eigenvalue weighted by atomic mass is 19.1. The number of halogens is 1. The van der Waals surface area contributed by atoms with Gasteiger partial charge in [-0.3, -0.25) is 10.5 Å². The minimum absolute atomic E-state index is 0.119. The van der Waals surface area contributed by atoms with Crippen LogP contribution < -0.4 is 15.8 Å². The molecule has 6 heteroatoms. The van der Waals surface area contributed by atoms with Crippen LogP contribution in [0.1, 0.15) is 10.4 Å². The molecule has 2 aromatic rings. The molecule has 0 saturated carbocycles. The van der Waals surface area contributed by atoms with Gasteiger partial charge in [0.05, 0.1) is 5.56 Å². The van der Waals surface area contributed by atoms with Crippen LogP contribution in [0.25, 0.3) is 0 Å². The largest absolute Gasteiger partial charge is 0.350 e. The Bertz CT molecular complexity index is 584. The van der Waals surface area contributed by atoms with Crippen LogP contribution in [0.15, 0.2) is 42.6 Å². The number of nitrogens with two attached hydrogens (primary N) is 1. The number of hydrogen-bond donors (Lipinski definition) is 3. The zero-order valence-corrected chi connectivity index (χ0v) is 9.30. The first-order chi connectivity index (χ1) is 8.56. The molecule has 0 unspecified atom stereocenters. The average Bonchev–Trinajstić information content (AvgIpc) is 2.35. The maximum absolute atomic E-state index is 12.7. The predicted octanol–water partition coefficient (Wildman–Crippen LogP) is 1.19. The predicted molar refractivity (Wildman–Crippen MR) is 62.6 cm³/mol. The molecule has 1 heterocycles. The third-order valence-electron chi connectivity index (χ3n) is 2.32. The fraction of sp³-hybridized carbons (Fsp3) is 0. The van der Waals surface area contributed by atoms with Crippen LogP contribution in [0.2, 0.25) is 0 Å². The van der Waals surface area contributed by atoms with Crippen molar-refractivity contribution in [3.8, 4) is 0 Å². The zero-order chi connectivity index (χ0) is 13.1. The molecule has 1 amide bonds. The molecule has 0 spiro atoms. The van der Waals surface area contributed by atoms with Crippen LogP contribution in [0, 0.1) is 5.82 Å². The molecule has 1 aromatic carbocycles. The Labute approximate surface area is 102 Å². The maximum atomic E-state index is 12.7. The molecule has 92 valence electrons. The van der Waals surface area contributed by atoms with Gasteiger partial charge in [-0.1, -0.05) is 4.73 Å². The maximum Gasteiger partial charge on any atom is 0.311 e. The van der Waals surface area contributed by atoms with Crippen molar-refractivity contribution in [2.75, 3.05) is 11.1 Å². The van der Waals surface area contributed by atoms with Crippen LogP contribution in [0.5, 0.6) is 0 Å². The fourth-order valence-corrected chi connectivity index (χ4v) is 1.37. The number of pyridine rings is 1. The number of rotatable bonds is 2. The lowest BCUT2D eigenvalue weighted by Crippen LogP contribution is -2.35. The summed E-state index contributed by atoms with van der Waals surface area (Å²) in [6.45, 7) is 0. The summed E-state index contributed by atoms with van der Waals surface area (Å²) < 4.78 is 13.3. The normalized spacial score (nSPS) is 10.1. The molecule has 18 heavy (non-hydrogen) atoms. The summed E-state index contributed by atoms with van der Waals surface area (Å²) in [6.07, 6.45) is 1.19. The number of nitrogens with zero attached hydrogens (tertiary/aromatic N) is 1. The van der Waals surface area contributed by atoms with E-state index in [2.05, 4.69) is 5.32 Å². The summed E-state index contributed by atoms with van der Waals surface area (Å²) in [7, 11) is 0. The SMILES string of the molecule is Nc1ccc(C(=O)Nc2ccc(F)cc2)c[n+]1O. The number of hydrogen-bond acceptors (Lipinski definition) is 3. The Hall–Kier alpha value is -2.63. The van der Waals surface area contributed by atoms with Gasteiger partial charge < -0.3 is 10.5 Å². The van der Waals surface area contributed by atoms with E-state index >= 15 is 0 Å². The van der Waals surface area contributed by atoms with Crippen LogP contribution in [0.3, 0.4) is 0 Å². The first-order valence-corrected chi connectivity index (χ1v) is 5.13. The van der Waals surface area contributed by atoms with E-state index in [-0.39, 0.29) is 17.2 Å². The molecular weight excluding hydrogens is 237 g/mol. The smallest absolute Gasteiger partial charge is 0.311 e. The minimum atomic E-state index is -0.426. The lowest BCUT2D eigenvalue weighted by Gasteiger charge is -2.04. The van der Waals surface area contributed by atoms with Crippen molar-refractivity contribution in [2.45, 2.75) is 0 Å². The summed E-state index contributed by atoms with van der Waals surface area (Å²) in [6, 6.07) is 8.24. The molecule has 1 aromatic heterocycles. The Morgan fingerprint density at radius 1 is 1.22 bits per heavy atom. The molecule has 0 atom stereocenters. The molecule has 0 bridgehead atoms. The lowest BCUT2D eigenvalue weighted by molar-refractivity contribution is -0.893. The Morgan fingerprint density at radius 3 is 2.50 bits per heavy atom. The first kappa shape index (κ1) is 11.8. The van der Waals surface area contributed by atoms with Gasteiger partial charge in [-0.25, -0.2) is 4.39 Å². The van der Waals surface area contributed by atoms with Gasteiger partial charge in [-0.05, 0) is 30.3 Å². The number of benzene rings is 1. The van der Waals surface area contributed by atoms with E-state index in [4.69, 9.17) is 5.73 Å². The van der Waals surface area contributed by atoms with Crippen molar-refractivity contribution in [2.24, 2.45) is 0 Å². The number of carbonyl (C=O) groups is 1. The fourth-order valence-electron chi connectivity index (χ4n) is 1.37. The van der Waals surface area contributed by atoms with Crippen LogP contribution in [0.4, 0.5) is 15.9 Å². The highest BCUT2D eigenvalue weighted by Crippen LogP contribution is 2.10. The summed E-state index contributed by atoms with van der Waals surface area (Å²) >= 11 is 0. The quantitative estimate of drug-likeness (QED) is 0.551. The van der Waals surface area contributed by atoms with Crippen molar-refractivity contribution >= 4 is 17.4 Å². The van der Waals surface area contributed by atoms with Crippen molar-refractivity contribution in [3.05, 3.63) is 54.0 Å². The van der Waals surface area contributed by atoms with Crippen molar-refractivity contribution in [3.63, 3.8) is 0 Å². The highest BCUT2D eigenvalue weighted by molar-refractivity contribution is 6.03. The third kappa shape index (κ3) is 2.54. The first-order valence-electron chi connectivity index (χ1n) is 5.13. The number of carbonyl (C=O) groups excluding carboxylic acids is 1. The number of amides is 1. The summed E-state index contributed by atoms with van der Waals surface area (Å²) in [4.78, 5) is 11.8. The van der Waals surface area contributed by atoms with Crippen molar-refractivity contribution < 1.29 is 19.1 Å². The monoisotopic (exact) mass is 248 g/mol. The van der Waals surface area contributed by atoms with Gasteiger partial charge in [0.15, 0.2) is 0 Å². The summed E-state index contributed by atoms with van der Waals surface area (Å²) in [5.41, 5.74) is 6.09. The van der Waals surface area contributed by atoms with Gasteiger partial charge in [-0.15, -0.1) is 0 Å². The number of nitrogen functional groups attached to an aromatic ring is 1. The standard InChI is InChI=1S/C12H10FN3O2/c13-9-2-4-10(5-3-9)15-12(17)8-1-6-11(14)16(18)7-8/h1-7,14,18H,(H,15,17)/p+1. The Balaban J connectivity index is 2.16. The van der Waals surface area contributed by atoms with E-state index in [1.807, 2.05) is 0 Å². The van der Waals surface area contributed by atoms with E-state index in [9.17, 15) is 14.4 Å². The van der Waals surface area contributed by atoms with Gasteiger partial charge in [-0.2, -0.15) is 0 Å². The zero-order valence-electron chi connectivity index (χ0n) is 9.30. The second-order valence-electron chi connectivity index (χ2n) is 3.65. The number of anilines is 2. The lowest BCUT2D eigenvalue weighted by atomic mass is 10.2. The van der Waals surface area contributed by atoms with Gasteiger partial charge in [0, 0.05) is 11.8 Å². The van der Waals surface area contributed by atoms with E-state index < -0.39 is 5.91 Å². The molecule has 4 N–H and O–H groups in total. The van der Waals surface area contributed by atoms with Crippen LogP contribution in [-0.4, -0.2) is 11.1 Å². The van der Waals surface area contributed by atoms with Gasteiger partial charge in [0.25, 0.3) is 5.91 Å². The van der Waals surface area contributed by atoms with Gasteiger partial charge in [0.2, 0.25) is 0 Å². The van der Waals surface area contributed by atoms with Crippen LogP contribution >= 0.6 is 0 Å². The average molecular weight is 248 g/mol. The van der Waals surface area contributed by atoms with Gasteiger partial charge in [0.1, 0.15) is 12.0 Å². The highest BCUT2D eigenvalue weighted by Gasteiger charge is 2.11. The Morgan fingerprint density at radius 2 is 1.89 bits per heavy atom. The van der Waals surface area contributed by atoms with E-state index in [1.165, 1.54) is 42.6 Å². The minimum Gasteiger partial charge on any atom is -0.350 e. The van der Waals surface area contributed by atoms with E-state index in [0.717, 1.165) is 0 Å². The third-order valence-corrected chi connectivity index (χ3v) is 2.32. The van der Waals surface area contributed by atoms with Crippen molar-refractivity contribution in [1.29, 1.82) is 0 Å². The molecule has 0 saturated heterocycles. The van der Waals surface area contributed by atoms with Gasteiger partial charge >= 0.3 is 5.82 Å². The number of aromatic nitrogens is 1. The van der Waals surface area contributed by atoms with Crippen LogP contribution in [-0.2, 0) is 0 Å². The molecule has 0 fully saturated rings. The van der Waals surface area contributed by atoms with E-state index in [0.29, 0.717) is 10.4 Å². The number of nitrogens with one attached hydrogen (secondary N) is 1. The topological polar surface area (TPSA) is 79.2 Å². The molecule has 0 aliphatic carbocycles. The molecular formula is C12H11FN3O2+. The molecule has 0 aliphatic rings. The second-order valence-corrected chi connectivity index (χ2v) is 3.65. The second kappa shape index (κ2) is 4.70. The van der Waals surface area contributed by atoms with E-state index in [1.54, 1.807) is 0 Å². The van der Waals surface area contributed by atoms with Crippen molar-refractivity contribution in [1.82, 2.24) is 0 Å².